The Balaban J connectivity index is 1.90. The van der Waals surface area contributed by atoms with Crippen molar-refractivity contribution in [2.75, 3.05) is 26.2 Å². The highest BCUT2D eigenvalue weighted by Gasteiger charge is 2.26. The zero-order valence-electron chi connectivity index (χ0n) is 16.8. The Labute approximate surface area is 176 Å². The number of rotatable bonds is 7. The molecule has 1 saturated heterocycles. The first-order valence-corrected chi connectivity index (χ1v) is 10.3. The molecule has 3 atom stereocenters. The molecule has 1 aliphatic rings. The van der Waals surface area contributed by atoms with Gasteiger partial charge in [-0.2, -0.15) is 0 Å². The predicted octanol–water partition coefficient (Wildman–Crippen LogP) is 2.97. The molecule has 2 N–H and O–H groups in total. The topological polar surface area (TPSA) is 70.7 Å². The van der Waals surface area contributed by atoms with Gasteiger partial charge in [0.05, 0.1) is 22.8 Å². The summed E-state index contributed by atoms with van der Waals surface area (Å²) in [4.78, 5) is 27.5. The van der Waals surface area contributed by atoms with Gasteiger partial charge in [-0.1, -0.05) is 37.0 Å². The number of carbonyl (C=O) groups excluding carboxylic acids is 2. The third-order valence-corrected chi connectivity index (χ3v) is 5.18. The number of halogens is 2. The fourth-order valence-corrected chi connectivity index (χ4v) is 3.84. The standard InChI is InChI=1S/C20H29Cl2N3O3/c1-12(2)18(24-19(26)16-6-5-15(21)9-17(16)22)20(27)23-7-8-25-10-13(3)28-14(4)11-25/h5-6,9,12-14,18H,7-8,10-11H2,1-4H3,(H,23,27)(H,24,26)/t13-,14+,18-/m0/s1. The fourth-order valence-electron chi connectivity index (χ4n) is 3.34. The Hall–Kier alpha value is -1.34. The number of nitrogens with zero attached hydrogens (tertiary/aromatic N) is 1. The quantitative estimate of drug-likeness (QED) is 0.698. The van der Waals surface area contributed by atoms with Crippen LogP contribution in [0.4, 0.5) is 0 Å². The van der Waals surface area contributed by atoms with Crippen LogP contribution in [0, 0.1) is 5.92 Å². The van der Waals surface area contributed by atoms with Crippen molar-refractivity contribution in [3.05, 3.63) is 33.8 Å². The van der Waals surface area contributed by atoms with Crippen LogP contribution in [0.25, 0.3) is 0 Å². The number of nitrogens with one attached hydrogen (secondary N) is 2. The molecule has 8 heteroatoms. The molecule has 2 rings (SSSR count). The van der Waals surface area contributed by atoms with Gasteiger partial charge in [0.25, 0.3) is 5.91 Å². The van der Waals surface area contributed by atoms with E-state index in [-0.39, 0.29) is 29.1 Å². The number of hydrogen-bond acceptors (Lipinski definition) is 4. The number of morpholine rings is 1. The molecule has 0 aliphatic carbocycles. The molecule has 1 fully saturated rings. The zero-order valence-corrected chi connectivity index (χ0v) is 18.3. The molecule has 2 amide bonds. The molecule has 0 aromatic heterocycles. The highest BCUT2D eigenvalue weighted by molar-refractivity contribution is 6.36. The SMILES string of the molecule is CC(C)[C@H](NC(=O)c1ccc(Cl)cc1Cl)C(=O)NCCN1C[C@@H](C)O[C@@H](C)C1. The van der Waals surface area contributed by atoms with E-state index in [1.54, 1.807) is 12.1 Å². The number of benzene rings is 1. The average Bonchev–Trinajstić information content (AvgIpc) is 2.58. The largest absolute Gasteiger partial charge is 0.373 e. The van der Waals surface area contributed by atoms with E-state index in [0.717, 1.165) is 19.6 Å². The molecule has 1 heterocycles. The van der Waals surface area contributed by atoms with Gasteiger partial charge in [0.2, 0.25) is 5.91 Å². The summed E-state index contributed by atoms with van der Waals surface area (Å²) in [6, 6.07) is 4.00. The second-order valence-electron chi connectivity index (χ2n) is 7.63. The van der Waals surface area contributed by atoms with Gasteiger partial charge in [0.15, 0.2) is 0 Å². The van der Waals surface area contributed by atoms with E-state index in [1.165, 1.54) is 6.07 Å². The first kappa shape index (κ1) is 22.9. The van der Waals surface area contributed by atoms with E-state index >= 15 is 0 Å². The minimum Gasteiger partial charge on any atom is -0.373 e. The molecule has 0 spiro atoms. The second kappa shape index (κ2) is 10.4. The monoisotopic (exact) mass is 429 g/mol. The van der Waals surface area contributed by atoms with E-state index in [2.05, 4.69) is 15.5 Å². The van der Waals surface area contributed by atoms with E-state index in [9.17, 15) is 9.59 Å². The summed E-state index contributed by atoms with van der Waals surface area (Å²) in [7, 11) is 0. The van der Waals surface area contributed by atoms with Gasteiger partial charge in [-0.3, -0.25) is 14.5 Å². The first-order valence-electron chi connectivity index (χ1n) is 9.58. The van der Waals surface area contributed by atoms with E-state index in [0.29, 0.717) is 17.1 Å². The lowest BCUT2D eigenvalue weighted by atomic mass is 10.0. The Morgan fingerprint density at radius 1 is 1.21 bits per heavy atom. The van der Waals surface area contributed by atoms with Crippen molar-refractivity contribution in [2.24, 2.45) is 5.92 Å². The maximum atomic E-state index is 12.6. The normalized spacial score (nSPS) is 21.4. The van der Waals surface area contributed by atoms with Crippen LogP contribution < -0.4 is 10.6 Å². The lowest BCUT2D eigenvalue weighted by Crippen LogP contribution is -2.52. The van der Waals surface area contributed by atoms with Crippen LogP contribution in [0.1, 0.15) is 38.1 Å². The van der Waals surface area contributed by atoms with Crippen molar-refractivity contribution in [1.29, 1.82) is 0 Å². The van der Waals surface area contributed by atoms with E-state index in [4.69, 9.17) is 27.9 Å². The lowest BCUT2D eigenvalue weighted by molar-refractivity contribution is -0.124. The van der Waals surface area contributed by atoms with Crippen LogP contribution in [0.2, 0.25) is 10.0 Å². The van der Waals surface area contributed by atoms with Crippen LogP contribution in [0.3, 0.4) is 0 Å². The van der Waals surface area contributed by atoms with Gasteiger partial charge in [-0.05, 0) is 38.0 Å². The second-order valence-corrected chi connectivity index (χ2v) is 8.47. The Morgan fingerprint density at radius 2 is 1.86 bits per heavy atom. The molecule has 156 valence electrons. The molecule has 0 radical (unpaired) electrons. The lowest BCUT2D eigenvalue weighted by Gasteiger charge is -2.35. The molecule has 6 nitrogen and oxygen atoms in total. The van der Waals surface area contributed by atoms with Crippen molar-refractivity contribution in [1.82, 2.24) is 15.5 Å². The maximum Gasteiger partial charge on any atom is 0.253 e. The number of carbonyl (C=O) groups is 2. The maximum absolute atomic E-state index is 12.6. The molecular formula is C20H29Cl2N3O3. The smallest absolute Gasteiger partial charge is 0.253 e. The highest BCUT2D eigenvalue weighted by atomic mass is 35.5. The first-order chi connectivity index (χ1) is 13.2. The van der Waals surface area contributed by atoms with Gasteiger partial charge >= 0.3 is 0 Å². The van der Waals surface area contributed by atoms with Crippen molar-refractivity contribution in [3.8, 4) is 0 Å². The van der Waals surface area contributed by atoms with Crippen LogP contribution in [-0.4, -0.2) is 61.1 Å². The van der Waals surface area contributed by atoms with Crippen molar-refractivity contribution < 1.29 is 14.3 Å². The van der Waals surface area contributed by atoms with Crippen molar-refractivity contribution in [2.45, 2.75) is 45.9 Å². The molecule has 1 aromatic rings. The van der Waals surface area contributed by atoms with Gasteiger partial charge < -0.3 is 15.4 Å². The summed E-state index contributed by atoms with van der Waals surface area (Å²) in [5.74, 6) is -0.674. The molecule has 1 aromatic carbocycles. The molecule has 0 bridgehead atoms. The van der Waals surface area contributed by atoms with E-state index < -0.39 is 11.9 Å². The average molecular weight is 430 g/mol. The number of ether oxygens (including phenoxy) is 1. The molecule has 1 aliphatic heterocycles. The molecule has 28 heavy (non-hydrogen) atoms. The Bertz CT molecular complexity index is 689. The third kappa shape index (κ3) is 6.62. The van der Waals surface area contributed by atoms with Crippen LogP contribution >= 0.6 is 23.2 Å². The summed E-state index contributed by atoms with van der Waals surface area (Å²) >= 11 is 12.0. The molecule has 0 saturated carbocycles. The third-order valence-electron chi connectivity index (χ3n) is 4.63. The molecule has 0 unspecified atom stereocenters. The minimum atomic E-state index is -0.651. The summed E-state index contributed by atoms with van der Waals surface area (Å²) in [5.41, 5.74) is 0.292. The Morgan fingerprint density at radius 3 is 2.43 bits per heavy atom. The van der Waals surface area contributed by atoms with E-state index in [1.807, 2.05) is 27.7 Å². The van der Waals surface area contributed by atoms with Crippen molar-refractivity contribution in [3.63, 3.8) is 0 Å². The summed E-state index contributed by atoms with van der Waals surface area (Å²) in [6.45, 7) is 10.8. The summed E-state index contributed by atoms with van der Waals surface area (Å²) in [6.07, 6.45) is 0.373. The Kier molecular flexibility index (Phi) is 8.56. The van der Waals surface area contributed by atoms with Gasteiger partial charge in [-0.15, -0.1) is 0 Å². The van der Waals surface area contributed by atoms with Gasteiger partial charge in [0, 0.05) is 31.2 Å². The summed E-state index contributed by atoms with van der Waals surface area (Å²) in [5, 5.41) is 6.42. The minimum absolute atomic E-state index is 0.0709. The number of amides is 2. The van der Waals surface area contributed by atoms with Crippen LogP contribution in [-0.2, 0) is 9.53 Å². The van der Waals surface area contributed by atoms with Crippen LogP contribution in [0.15, 0.2) is 18.2 Å². The zero-order chi connectivity index (χ0) is 20.8. The number of hydrogen-bond donors (Lipinski definition) is 2. The van der Waals surface area contributed by atoms with Crippen molar-refractivity contribution >= 4 is 35.0 Å². The van der Waals surface area contributed by atoms with Gasteiger partial charge in [0.1, 0.15) is 6.04 Å². The van der Waals surface area contributed by atoms with Crippen LogP contribution in [0.5, 0.6) is 0 Å². The summed E-state index contributed by atoms with van der Waals surface area (Å²) < 4.78 is 5.72. The predicted molar refractivity (Wildman–Crippen MR) is 112 cm³/mol. The fraction of sp³-hybridized carbons (Fsp3) is 0.600. The van der Waals surface area contributed by atoms with Gasteiger partial charge in [-0.25, -0.2) is 0 Å². The highest BCUT2D eigenvalue weighted by Crippen LogP contribution is 2.21. The molecular weight excluding hydrogens is 401 g/mol.